The van der Waals surface area contributed by atoms with E-state index in [9.17, 15) is 10.4 Å². The number of fused-ring (bicyclic) bond motifs is 1. The molecule has 0 atom stereocenters. The van der Waals surface area contributed by atoms with E-state index in [1.54, 1.807) is 0 Å². The minimum Gasteiger partial charge on any atom is -0.493 e. The molecule has 132 valence electrons. The maximum Gasteiger partial charge on any atom is 0.255 e. The Morgan fingerprint density at radius 1 is 1.11 bits per heavy atom. The first-order valence-electron chi connectivity index (χ1n) is 8.70. The number of benzene rings is 2. The lowest BCUT2D eigenvalue weighted by Gasteiger charge is -2.11. The van der Waals surface area contributed by atoms with Gasteiger partial charge < -0.3 is 5.11 Å². The Morgan fingerprint density at radius 3 is 2.63 bits per heavy atom. The molecule has 2 aromatic carbocycles. The molecule has 6 nitrogen and oxygen atoms in total. The van der Waals surface area contributed by atoms with Crippen molar-refractivity contribution in [1.29, 1.82) is 5.26 Å². The van der Waals surface area contributed by atoms with Gasteiger partial charge in [-0.05, 0) is 29.2 Å². The fourth-order valence-electron chi connectivity index (χ4n) is 3.22. The van der Waals surface area contributed by atoms with Gasteiger partial charge in [-0.25, -0.2) is 4.98 Å². The Bertz CT molecular complexity index is 1160. The van der Waals surface area contributed by atoms with Gasteiger partial charge in [-0.3, -0.25) is 0 Å². The average Bonchev–Trinajstić information content (AvgIpc) is 3.19. The number of nitriles is 1. The Morgan fingerprint density at radius 2 is 1.89 bits per heavy atom. The Labute approximate surface area is 156 Å². The van der Waals surface area contributed by atoms with Crippen LogP contribution in [0.3, 0.4) is 0 Å². The van der Waals surface area contributed by atoms with Gasteiger partial charge in [0.05, 0.1) is 17.3 Å². The molecule has 0 aliphatic carbocycles. The fourth-order valence-corrected chi connectivity index (χ4v) is 3.22. The first-order valence-corrected chi connectivity index (χ1v) is 8.70. The zero-order valence-corrected chi connectivity index (χ0v) is 14.8. The number of nitrogens with zero attached hydrogens (tertiary/aromatic N) is 5. The molecule has 0 spiro atoms. The van der Waals surface area contributed by atoms with Crippen molar-refractivity contribution < 1.29 is 5.11 Å². The van der Waals surface area contributed by atoms with Gasteiger partial charge in [-0.2, -0.15) is 19.9 Å². The molecule has 2 heterocycles. The second kappa shape index (κ2) is 6.89. The highest BCUT2D eigenvalue weighted by Crippen LogP contribution is 2.27. The Kier molecular flexibility index (Phi) is 4.27. The van der Waals surface area contributed by atoms with Crippen LogP contribution in [0.4, 0.5) is 0 Å². The maximum absolute atomic E-state index is 10.6. The molecule has 4 rings (SSSR count). The summed E-state index contributed by atoms with van der Waals surface area (Å²) >= 11 is 0. The molecule has 0 aliphatic rings. The zero-order valence-electron chi connectivity index (χ0n) is 14.8. The van der Waals surface area contributed by atoms with Crippen molar-refractivity contribution in [2.75, 3.05) is 0 Å². The average molecular weight is 355 g/mol. The second-order valence-corrected chi connectivity index (χ2v) is 6.22. The van der Waals surface area contributed by atoms with E-state index in [0.717, 1.165) is 27.9 Å². The fraction of sp³-hybridized carbons (Fsp3) is 0.143. The van der Waals surface area contributed by atoms with Gasteiger partial charge in [0, 0.05) is 12.0 Å². The van der Waals surface area contributed by atoms with Crippen LogP contribution in [0.1, 0.15) is 29.3 Å². The molecule has 0 aliphatic heterocycles. The standard InChI is InChI=1S/C21H17N5O/c1-2-19-18(20(27)26-21(25-19)23-13-24-26)11-14-7-9-15(10-8-14)17-6-4-3-5-16(17)12-22/h3-10,13,27H,2,11H2,1H3. The van der Waals surface area contributed by atoms with Crippen molar-refractivity contribution in [3.63, 3.8) is 0 Å². The van der Waals surface area contributed by atoms with Crippen LogP contribution in [0.15, 0.2) is 54.9 Å². The van der Waals surface area contributed by atoms with Crippen LogP contribution in [0, 0.1) is 11.3 Å². The summed E-state index contributed by atoms with van der Waals surface area (Å²) in [7, 11) is 0. The van der Waals surface area contributed by atoms with Crippen molar-refractivity contribution >= 4 is 5.78 Å². The van der Waals surface area contributed by atoms with Crippen LogP contribution >= 0.6 is 0 Å². The van der Waals surface area contributed by atoms with Gasteiger partial charge in [0.25, 0.3) is 5.78 Å². The molecule has 0 radical (unpaired) electrons. The molecule has 0 saturated carbocycles. The molecule has 0 bridgehead atoms. The molecular formula is C21H17N5O. The van der Waals surface area contributed by atoms with Crippen molar-refractivity contribution in [2.24, 2.45) is 0 Å². The van der Waals surface area contributed by atoms with Gasteiger partial charge in [-0.15, -0.1) is 0 Å². The van der Waals surface area contributed by atoms with Gasteiger partial charge in [0.2, 0.25) is 5.88 Å². The van der Waals surface area contributed by atoms with Crippen LogP contribution < -0.4 is 0 Å². The number of aromatic nitrogens is 4. The van der Waals surface area contributed by atoms with Crippen molar-refractivity contribution in [3.05, 3.63) is 77.2 Å². The predicted molar refractivity (Wildman–Crippen MR) is 101 cm³/mol. The molecule has 0 amide bonds. The topological polar surface area (TPSA) is 87.1 Å². The number of hydrogen-bond donors (Lipinski definition) is 1. The largest absolute Gasteiger partial charge is 0.493 e. The molecule has 0 unspecified atom stereocenters. The third-order valence-corrected chi connectivity index (χ3v) is 4.61. The molecule has 0 fully saturated rings. The third-order valence-electron chi connectivity index (χ3n) is 4.61. The molecule has 2 aromatic heterocycles. The quantitative estimate of drug-likeness (QED) is 0.605. The van der Waals surface area contributed by atoms with Crippen molar-refractivity contribution in [1.82, 2.24) is 19.6 Å². The van der Waals surface area contributed by atoms with Crippen LogP contribution in [0.2, 0.25) is 0 Å². The lowest BCUT2D eigenvalue weighted by molar-refractivity contribution is 0.427. The summed E-state index contributed by atoms with van der Waals surface area (Å²) in [4.78, 5) is 8.54. The minimum atomic E-state index is 0.0771. The molecule has 6 heteroatoms. The zero-order chi connectivity index (χ0) is 18.8. The highest BCUT2D eigenvalue weighted by Gasteiger charge is 2.15. The highest BCUT2D eigenvalue weighted by atomic mass is 16.3. The van der Waals surface area contributed by atoms with Crippen LogP contribution in [0.5, 0.6) is 5.88 Å². The van der Waals surface area contributed by atoms with Gasteiger partial charge in [-0.1, -0.05) is 49.4 Å². The maximum atomic E-state index is 10.6. The van der Waals surface area contributed by atoms with Crippen LogP contribution in [-0.4, -0.2) is 24.7 Å². The molecular weight excluding hydrogens is 338 g/mol. The Hall–Kier alpha value is -3.72. The van der Waals surface area contributed by atoms with E-state index >= 15 is 0 Å². The summed E-state index contributed by atoms with van der Waals surface area (Å²) in [6.45, 7) is 2.00. The lowest BCUT2D eigenvalue weighted by Crippen LogP contribution is -2.05. The van der Waals surface area contributed by atoms with E-state index in [4.69, 9.17) is 0 Å². The molecule has 27 heavy (non-hydrogen) atoms. The van der Waals surface area contributed by atoms with E-state index in [1.807, 2.05) is 55.5 Å². The van der Waals surface area contributed by atoms with E-state index in [-0.39, 0.29) is 5.88 Å². The normalized spacial score (nSPS) is 10.8. The first-order chi connectivity index (χ1) is 13.2. The van der Waals surface area contributed by atoms with E-state index in [1.165, 1.54) is 10.8 Å². The summed E-state index contributed by atoms with van der Waals surface area (Å²) in [5, 5.41) is 23.9. The highest BCUT2D eigenvalue weighted by molar-refractivity contribution is 5.70. The summed E-state index contributed by atoms with van der Waals surface area (Å²) in [5.41, 5.74) is 5.15. The number of aromatic hydroxyl groups is 1. The van der Waals surface area contributed by atoms with E-state index in [0.29, 0.717) is 24.2 Å². The van der Waals surface area contributed by atoms with Gasteiger partial charge >= 0.3 is 0 Å². The lowest BCUT2D eigenvalue weighted by atomic mass is 9.97. The van der Waals surface area contributed by atoms with E-state index in [2.05, 4.69) is 21.1 Å². The smallest absolute Gasteiger partial charge is 0.255 e. The molecule has 1 N–H and O–H groups in total. The second-order valence-electron chi connectivity index (χ2n) is 6.22. The summed E-state index contributed by atoms with van der Waals surface area (Å²) in [6.07, 6.45) is 2.62. The first kappa shape index (κ1) is 16.7. The van der Waals surface area contributed by atoms with Gasteiger partial charge in [0.15, 0.2) is 0 Å². The number of aryl methyl sites for hydroxylation is 1. The van der Waals surface area contributed by atoms with Crippen molar-refractivity contribution in [3.8, 4) is 23.1 Å². The number of hydrogen-bond acceptors (Lipinski definition) is 5. The van der Waals surface area contributed by atoms with Crippen LogP contribution in [0.25, 0.3) is 16.9 Å². The molecule has 0 saturated heterocycles. The van der Waals surface area contributed by atoms with Crippen LogP contribution in [-0.2, 0) is 12.8 Å². The molecule has 4 aromatic rings. The van der Waals surface area contributed by atoms with Gasteiger partial charge in [0.1, 0.15) is 6.33 Å². The van der Waals surface area contributed by atoms with Crippen molar-refractivity contribution in [2.45, 2.75) is 19.8 Å². The number of rotatable bonds is 4. The predicted octanol–water partition coefficient (Wildman–Crippen LogP) is 3.52. The van der Waals surface area contributed by atoms with E-state index < -0.39 is 0 Å². The summed E-state index contributed by atoms with van der Waals surface area (Å²) < 4.78 is 1.35. The summed E-state index contributed by atoms with van der Waals surface area (Å²) in [5.74, 6) is 0.477. The monoisotopic (exact) mass is 355 g/mol. The summed E-state index contributed by atoms with van der Waals surface area (Å²) in [6, 6.07) is 17.8. The third kappa shape index (κ3) is 3.00. The minimum absolute atomic E-state index is 0.0771. The SMILES string of the molecule is CCc1nc2ncnn2c(O)c1Cc1ccc(-c2ccccc2C#N)cc1. The Balaban J connectivity index is 1.69.